The maximum absolute atomic E-state index is 12.7. The molecule has 3 amide bonds. The third-order valence-electron chi connectivity index (χ3n) is 5.46. The molecule has 34 heavy (non-hydrogen) atoms. The van der Waals surface area contributed by atoms with E-state index in [1.54, 1.807) is 0 Å². The van der Waals surface area contributed by atoms with Crippen LogP contribution in [0.5, 0.6) is 0 Å². The first-order valence-electron chi connectivity index (χ1n) is 10.9. The number of carbonyl (C=O) groups is 5. The van der Waals surface area contributed by atoms with Crippen molar-refractivity contribution in [3.05, 3.63) is 0 Å². The first-order valence-corrected chi connectivity index (χ1v) is 10.9. The number of nitrogens with one attached hydrogen (secondary N) is 2. The first kappa shape index (κ1) is 29.6. The SMILES string of the molecule is CC(=O)CC[C@@H](NC(=O)[C@H](C)CC(=O)[C@@H](C)O[C@H]1[C@H](O)[C@@H](CO)O[C@@H](O)[C@@H]1NC(C)=O)C(N)=O. The van der Waals surface area contributed by atoms with Crippen molar-refractivity contribution in [3.63, 3.8) is 0 Å². The molecule has 1 fully saturated rings. The van der Waals surface area contributed by atoms with E-state index in [9.17, 15) is 39.3 Å². The predicted molar refractivity (Wildman–Crippen MR) is 116 cm³/mol. The highest BCUT2D eigenvalue weighted by Gasteiger charge is 2.46. The van der Waals surface area contributed by atoms with Crippen molar-refractivity contribution in [2.45, 2.75) is 89.7 Å². The Labute approximate surface area is 197 Å². The highest BCUT2D eigenvalue weighted by molar-refractivity contribution is 5.91. The molecule has 1 rings (SSSR count). The average molecular weight is 490 g/mol. The van der Waals surface area contributed by atoms with E-state index >= 15 is 0 Å². The molecule has 0 bridgehead atoms. The van der Waals surface area contributed by atoms with Gasteiger partial charge in [-0.2, -0.15) is 0 Å². The molecule has 0 saturated carbocycles. The first-order chi connectivity index (χ1) is 15.8. The molecule has 13 heteroatoms. The van der Waals surface area contributed by atoms with Gasteiger partial charge in [-0.15, -0.1) is 0 Å². The standard InChI is InChI=1S/C21H35N3O10/c1-9(20(31)24-13(19(22)30)6-5-10(2)26)7-14(28)11(3)33-18-16(23-12(4)27)21(32)34-15(8-25)17(18)29/h9,11,13,15-18,21,25,29,32H,5-8H2,1-4H3,(H2,22,30)(H,23,27)(H,24,31)/t9-,11-,13-,15-,16-,17-,18-,21-/m1/s1. The number of primary amides is 1. The van der Waals surface area contributed by atoms with Crippen LogP contribution in [0, 0.1) is 5.92 Å². The number of ether oxygens (including phenoxy) is 2. The molecule has 1 aliphatic heterocycles. The normalized spacial score (nSPS) is 27.2. The molecular weight excluding hydrogens is 454 g/mol. The van der Waals surface area contributed by atoms with Crippen LogP contribution in [0.15, 0.2) is 0 Å². The number of amides is 3. The Hall–Kier alpha value is -2.45. The topological polar surface area (TPSA) is 215 Å². The van der Waals surface area contributed by atoms with Gasteiger partial charge in [0, 0.05) is 25.7 Å². The van der Waals surface area contributed by atoms with Crippen molar-refractivity contribution in [1.82, 2.24) is 10.6 Å². The van der Waals surface area contributed by atoms with Gasteiger partial charge in [-0.25, -0.2) is 0 Å². The Morgan fingerprint density at radius 1 is 1.12 bits per heavy atom. The zero-order chi connectivity index (χ0) is 26.2. The Bertz CT molecular complexity index is 761. The molecular formula is C21H35N3O10. The number of hydrogen-bond donors (Lipinski definition) is 6. The largest absolute Gasteiger partial charge is 0.394 e. The zero-order valence-corrected chi connectivity index (χ0v) is 19.7. The fraction of sp³-hybridized carbons (Fsp3) is 0.762. The molecule has 13 nitrogen and oxygen atoms in total. The highest BCUT2D eigenvalue weighted by atomic mass is 16.6. The maximum Gasteiger partial charge on any atom is 0.240 e. The molecule has 0 radical (unpaired) electrons. The van der Waals surface area contributed by atoms with Gasteiger partial charge in [-0.3, -0.25) is 19.2 Å². The van der Waals surface area contributed by atoms with E-state index in [-0.39, 0.29) is 25.0 Å². The number of ketones is 2. The fourth-order valence-electron chi connectivity index (χ4n) is 3.45. The minimum Gasteiger partial charge on any atom is -0.394 e. The van der Waals surface area contributed by atoms with Crippen molar-refractivity contribution >= 4 is 29.3 Å². The van der Waals surface area contributed by atoms with E-state index in [1.807, 2.05) is 0 Å². The molecule has 1 aliphatic rings. The summed E-state index contributed by atoms with van der Waals surface area (Å²) < 4.78 is 10.7. The maximum atomic E-state index is 12.7. The molecule has 7 N–H and O–H groups in total. The van der Waals surface area contributed by atoms with Gasteiger partial charge in [0.2, 0.25) is 17.7 Å². The van der Waals surface area contributed by atoms with Crippen LogP contribution in [0.1, 0.15) is 47.0 Å². The van der Waals surface area contributed by atoms with Crippen molar-refractivity contribution in [2.24, 2.45) is 11.7 Å². The van der Waals surface area contributed by atoms with Gasteiger partial charge in [0.15, 0.2) is 12.1 Å². The quantitative estimate of drug-likeness (QED) is 0.157. The number of rotatable bonds is 13. The molecule has 1 heterocycles. The van der Waals surface area contributed by atoms with Gasteiger partial charge in [0.25, 0.3) is 0 Å². The van der Waals surface area contributed by atoms with Gasteiger partial charge in [0.1, 0.15) is 42.3 Å². The van der Waals surface area contributed by atoms with Crippen LogP contribution >= 0.6 is 0 Å². The van der Waals surface area contributed by atoms with Crippen LogP contribution in [0.25, 0.3) is 0 Å². The smallest absolute Gasteiger partial charge is 0.240 e. The average Bonchev–Trinajstić information content (AvgIpc) is 2.74. The van der Waals surface area contributed by atoms with Crippen molar-refractivity contribution in [1.29, 1.82) is 0 Å². The van der Waals surface area contributed by atoms with Gasteiger partial charge >= 0.3 is 0 Å². The Morgan fingerprint density at radius 3 is 2.24 bits per heavy atom. The van der Waals surface area contributed by atoms with Crippen molar-refractivity contribution < 1.29 is 48.8 Å². The molecule has 0 spiro atoms. The Kier molecular flexibility index (Phi) is 11.7. The van der Waals surface area contributed by atoms with E-state index < -0.39 is 78.8 Å². The number of nitrogens with two attached hydrogens (primary N) is 1. The summed E-state index contributed by atoms with van der Waals surface area (Å²) in [5, 5.41) is 34.8. The van der Waals surface area contributed by atoms with Crippen LogP contribution < -0.4 is 16.4 Å². The second kappa shape index (κ2) is 13.4. The highest BCUT2D eigenvalue weighted by Crippen LogP contribution is 2.24. The van der Waals surface area contributed by atoms with Gasteiger partial charge in [-0.1, -0.05) is 6.92 Å². The molecule has 0 unspecified atom stereocenters. The summed E-state index contributed by atoms with van der Waals surface area (Å²) in [6.45, 7) is 4.71. The Balaban J connectivity index is 2.80. The number of aliphatic hydroxyl groups is 3. The van der Waals surface area contributed by atoms with Gasteiger partial charge < -0.3 is 46.0 Å². The van der Waals surface area contributed by atoms with E-state index in [0.717, 1.165) is 0 Å². The zero-order valence-electron chi connectivity index (χ0n) is 19.7. The van der Waals surface area contributed by atoms with Gasteiger partial charge in [0.05, 0.1) is 6.61 Å². The molecule has 0 aromatic carbocycles. The molecule has 8 atom stereocenters. The number of hydrogen-bond acceptors (Lipinski definition) is 10. The molecule has 0 aliphatic carbocycles. The third kappa shape index (κ3) is 8.72. The molecule has 194 valence electrons. The molecule has 0 aromatic heterocycles. The lowest BCUT2D eigenvalue weighted by Gasteiger charge is -2.43. The summed E-state index contributed by atoms with van der Waals surface area (Å²) >= 11 is 0. The Morgan fingerprint density at radius 2 is 1.74 bits per heavy atom. The summed E-state index contributed by atoms with van der Waals surface area (Å²) in [5.74, 6) is -3.55. The summed E-state index contributed by atoms with van der Waals surface area (Å²) in [5.41, 5.74) is 5.27. The predicted octanol–water partition coefficient (Wildman–Crippen LogP) is -2.73. The fourth-order valence-corrected chi connectivity index (χ4v) is 3.45. The van der Waals surface area contributed by atoms with Gasteiger partial charge in [-0.05, 0) is 20.3 Å². The van der Waals surface area contributed by atoms with E-state index in [1.165, 1.54) is 27.7 Å². The van der Waals surface area contributed by atoms with Crippen LogP contribution in [-0.2, 0) is 33.4 Å². The molecule has 1 saturated heterocycles. The minimum absolute atomic E-state index is 0.0388. The van der Waals surface area contributed by atoms with Crippen LogP contribution in [0.3, 0.4) is 0 Å². The summed E-state index contributed by atoms with van der Waals surface area (Å²) in [6.07, 6.45) is -6.95. The number of aliphatic hydroxyl groups excluding tert-OH is 3. The van der Waals surface area contributed by atoms with Crippen LogP contribution in [-0.4, -0.2) is 94.0 Å². The van der Waals surface area contributed by atoms with E-state index in [0.29, 0.717) is 0 Å². The van der Waals surface area contributed by atoms with E-state index in [4.69, 9.17) is 15.2 Å². The van der Waals surface area contributed by atoms with Crippen LogP contribution in [0.4, 0.5) is 0 Å². The lowest BCUT2D eigenvalue weighted by atomic mass is 9.95. The van der Waals surface area contributed by atoms with E-state index in [2.05, 4.69) is 10.6 Å². The van der Waals surface area contributed by atoms with Crippen molar-refractivity contribution in [3.8, 4) is 0 Å². The third-order valence-corrected chi connectivity index (χ3v) is 5.46. The number of carbonyl (C=O) groups excluding carboxylic acids is 5. The number of Topliss-reactive ketones (excluding diaryl/α,β-unsaturated/α-hetero) is 2. The second-order valence-corrected chi connectivity index (χ2v) is 8.48. The van der Waals surface area contributed by atoms with Crippen LogP contribution in [0.2, 0.25) is 0 Å². The lowest BCUT2D eigenvalue weighted by molar-refractivity contribution is -0.266. The summed E-state index contributed by atoms with van der Waals surface area (Å²) in [6, 6.07) is -2.28. The summed E-state index contributed by atoms with van der Waals surface area (Å²) in [4.78, 5) is 59.3. The van der Waals surface area contributed by atoms with Crippen molar-refractivity contribution in [2.75, 3.05) is 6.61 Å². The second-order valence-electron chi connectivity index (χ2n) is 8.48. The summed E-state index contributed by atoms with van der Waals surface area (Å²) in [7, 11) is 0. The molecule has 0 aromatic rings. The lowest BCUT2D eigenvalue weighted by Crippen LogP contribution is -2.65. The monoisotopic (exact) mass is 489 g/mol. The minimum atomic E-state index is -1.61.